The van der Waals surface area contributed by atoms with Crippen LogP contribution in [0.1, 0.15) is 72.8 Å². The van der Waals surface area contributed by atoms with Crippen LogP contribution in [-0.2, 0) is 23.1 Å². The summed E-state index contributed by atoms with van der Waals surface area (Å²) in [6.07, 6.45) is 6.77. The molecule has 160 valence electrons. The average molecular weight is 412 g/mol. The second-order valence-electron chi connectivity index (χ2n) is 8.07. The second-order valence-corrected chi connectivity index (χ2v) is 8.07. The van der Waals surface area contributed by atoms with Crippen LogP contribution in [0.2, 0.25) is 0 Å². The molecule has 2 aromatic rings. The Bertz CT molecular complexity index is 944. The Morgan fingerprint density at radius 1 is 1.17 bits per heavy atom. The summed E-state index contributed by atoms with van der Waals surface area (Å²) in [6.45, 7) is 2.04. The second kappa shape index (κ2) is 8.50. The van der Waals surface area contributed by atoms with E-state index < -0.39 is 11.6 Å². The van der Waals surface area contributed by atoms with Crippen molar-refractivity contribution in [1.29, 1.82) is 0 Å². The van der Waals surface area contributed by atoms with Crippen molar-refractivity contribution < 1.29 is 19.1 Å². The van der Waals surface area contributed by atoms with Gasteiger partial charge in [-0.25, -0.2) is 4.79 Å². The van der Waals surface area contributed by atoms with E-state index in [1.165, 1.54) is 4.68 Å². The largest absolute Gasteiger partial charge is 0.497 e. The summed E-state index contributed by atoms with van der Waals surface area (Å²) in [4.78, 5) is 25.8. The first-order valence-electron chi connectivity index (χ1n) is 10.8. The Balaban J connectivity index is 1.67. The minimum absolute atomic E-state index is 0.221. The molecular formula is C23H29N3O4. The summed E-state index contributed by atoms with van der Waals surface area (Å²) in [5, 5.41) is 7.70. The van der Waals surface area contributed by atoms with Crippen molar-refractivity contribution in [3.05, 3.63) is 46.8 Å². The quantitative estimate of drug-likeness (QED) is 0.805. The molecule has 1 amide bonds. The van der Waals surface area contributed by atoms with Gasteiger partial charge in [-0.05, 0) is 63.1 Å². The van der Waals surface area contributed by atoms with Gasteiger partial charge in [0, 0.05) is 5.56 Å². The number of methoxy groups -OCH3 is 1. The molecule has 0 radical (unpaired) electrons. The van der Waals surface area contributed by atoms with E-state index in [0.29, 0.717) is 5.69 Å². The van der Waals surface area contributed by atoms with Gasteiger partial charge in [0.05, 0.1) is 24.9 Å². The summed E-state index contributed by atoms with van der Waals surface area (Å²) in [6, 6.07) is 7.90. The molecule has 1 heterocycles. The fourth-order valence-corrected chi connectivity index (χ4v) is 4.78. The Morgan fingerprint density at radius 2 is 1.93 bits per heavy atom. The Labute approximate surface area is 176 Å². The van der Waals surface area contributed by atoms with Crippen molar-refractivity contribution in [2.24, 2.45) is 0 Å². The molecule has 0 atom stereocenters. The standard InChI is InChI=1S/C23H29N3O4/c1-3-30-22(28)26-19-12-5-4-11-18(19)20(25-26)21(27)24-23(13-6-7-14-23)16-9-8-10-17(15-16)29-2/h8-10,15H,3-7,11-14H2,1-2H3,(H,24,27). The van der Waals surface area contributed by atoms with Crippen molar-refractivity contribution in [2.75, 3.05) is 13.7 Å². The van der Waals surface area contributed by atoms with Gasteiger partial charge in [0.1, 0.15) is 5.75 Å². The zero-order valence-electron chi connectivity index (χ0n) is 17.7. The highest BCUT2D eigenvalue weighted by molar-refractivity contribution is 5.95. The Kier molecular flexibility index (Phi) is 5.79. The maximum Gasteiger partial charge on any atom is 0.434 e. The smallest absolute Gasteiger partial charge is 0.434 e. The molecular weight excluding hydrogens is 382 g/mol. The highest BCUT2D eigenvalue weighted by Crippen LogP contribution is 2.40. The monoisotopic (exact) mass is 411 g/mol. The lowest BCUT2D eigenvalue weighted by Gasteiger charge is -2.31. The SMILES string of the molecule is CCOC(=O)n1nc(C(=O)NC2(c3cccc(OC)c3)CCCC2)c2c1CCCC2. The van der Waals surface area contributed by atoms with E-state index in [9.17, 15) is 9.59 Å². The average Bonchev–Trinajstić information content (AvgIpc) is 3.40. The van der Waals surface area contributed by atoms with E-state index in [0.717, 1.165) is 73.9 Å². The first-order chi connectivity index (χ1) is 14.6. The molecule has 1 aromatic carbocycles. The molecule has 7 nitrogen and oxygen atoms in total. The van der Waals surface area contributed by atoms with Gasteiger partial charge in [0.2, 0.25) is 0 Å². The van der Waals surface area contributed by atoms with Gasteiger partial charge in [-0.2, -0.15) is 9.78 Å². The van der Waals surface area contributed by atoms with Gasteiger partial charge in [0.25, 0.3) is 5.91 Å². The Hall–Kier alpha value is -2.83. The van der Waals surface area contributed by atoms with Gasteiger partial charge in [-0.1, -0.05) is 25.0 Å². The molecule has 1 aromatic heterocycles. The molecule has 4 rings (SSSR count). The van der Waals surface area contributed by atoms with Crippen molar-refractivity contribution in [1.82, 2.24) is 15.1 Å². The van der Waals surface area contributed by atoms with Crippen LogP contribution in [0.4, 0.5) is 4.79 Å². The number of carbonyl (C=O) groups is 2. The van der Waals surface area contributed by atoms with Crippen molar-refractivity contribution in [2.45, 2.75) is 63.8 Å². The molecule has 0 unspecified atom stereocenters. The first kappa shape index (κ1) is 20.4. The molecule has 7 heteroatoms. The third-order valence-corrected chi connectivity index (χ3v) is 6.27. The maximum atomic E-state index is 13.4. The topological polar surface area (TPSA) is 82.5 Å². The molecule has 0 spiro atoms. The van der Waals surface area contributed by atoms with E-state index in [4.69, 9.17) is 9.47 Å². The minimum Gasteiger partial charge on any atom is -0.497 e. The molecule has 2 aliphatic carbocycles. The van der Waals surface area contributed by atoms with Crippen LogP contribution in [-0.4, -0.2) is 35.5 Å². The maximum absolute atomic E-state index is 13.4. The molecule has 0 saturated heterocycles. The third kappa shape index (κ3) is 3.68. The molecule has 0 aliphatic heterocycles. The summed E-state index contributed by atoms with van der Waals surface area (Å²) in [5.74, 6) is 0.554. The number of carbonyl (C=O) groups excluding carboxylic acids is 2. The van der Waals surface area contributed by atoms with Crippen LogP contribution >= 0.6 is 0 Å². The van der Waals surface area contributed by atoms with Crippen LogP contribution in [0, 0.1) is 0 Å². The highest BCUT2D eigenvalue weighted by atomic mass is 16.6. The number of rotatable bonds is 5. The van der Waals surface area contributed by atoms with Gasteiger partial charge >= 0.3 is 6.09 Å². The number of nitrogens with zero attached hydrogens (tertiary/aromatic N) is 2. The highest BCUT2D eigenvalue weighted by Gasteiger charge is 2.39. The Morgan fingerprint density at radius 3 is 2.67 bits per heavy atom. The zero-order chi connectivity index (χ0) is 21.1. The molecule has 1 fully saturated rings. The van der Waals surface area contributed by atoms with E-state index in [2.05, 4.69) is 10.4 Å². The number of benzene rings is 1. The van der Waals surface area contributed by atoms with Crippen LogP contribution in [0.3, 0.4) is 0 Å². The van der Waals surface area contributed by atoms with Crippen molar-refractivity contribution in [3.63, 3.8) is 0 Å². The number of ether oxygens (including phenoxy) is 2. The van der Waals surface area contributed by atoms with Crippen LogP contribution in [0.15, 0.2) is 24.3 Å². The van der Waals surface area contributed by atoms with Crippen LogP contribution in [0.5, 0.6) is 5.75 Å². The number of fused-ring (bicyclic) bond motifs is 1. The molecule has 0 bridgehead atoms. The van der Waals surface area contributed by atoms with Gasteiger partial charge in [0.15, 0.2) is 5.69 Å². The van der Waals surface area contributed by atoms with Crippen molar-refractivity contribution >= 4 is 12.0 Å². The number of aromatic nitrogens is 2. The van der Waals surface area contributed by atoms with E-state index in [-0.39, 0.29) is 12.5 Å². The summed E-state index contributed by atoms with van der Waals surface area (Å²) < 4.78 is 11.8. The van der Waals surface area contributed by atoms with Crippen LogP contribution in [0.25, 0.3) is 0 Å². The van der Waals surface area contributed by atoms with E-state index >= 15 is 0 Å². The van der Waals surface area contributed by atoms with Gasteiger partial charge < -0.3 is 14.8 Å². The number of amides is 1. The predicted octanol–water partition coefficient (Wildman–Crippen LogP) is 3.97. The first-order valence-corrected chi connectivity index (χ1v) is 10.8. The number of hydrogen-bond acceptors (Lipinski definition) is 5. The van der Waals surface area contributed by atoms with Gasteiger partial charge in [-0.3, -0.25) is 4.79 Å². The van der Waals surface area contributed by atoms with Crippen LogP contribution < -0.4 is 10.1 Å². The molecule has 30 heavy (non-hydrogen) atoms. The number of hydrogen-bond donors (Lipinski definition) is 1. The predicted molar refractivity (Wildman–Crippen MR) is 112 cm³/mol. The van der Waals surface area contributed by atoms with E-state index in [1.54, 1.807) is 14.0 Å². The minimum atomic E-state index is -0.516. The normalized spacial score (nSPS) is 17.3. The lowest BCUT2D eigenvalue weighted by molar-refractivity contribution is 0.0891. The zero-order valence-corrected chi connectivity index (χ0v) is 17.7. The third-order valence-electron chi connectivity index (χ3n) is 6.27. The van der Waals surface area contributed by atoms with Gasteiger partial charge in [-0.15, -0.1) is 0 Å². The summed E-state index contributed by atoms with van der Waals surface area (Å²) in [7, 11) is 1.65. The number of nitrogens with one attached hydrogen (secondary N) is 1. The van der Waals surface area contributed by atoms with E-state index in [1.807, 2.05) is 24.3 Å². The fraction of sp³-hybridized carbons (Fsp3) is 0.522. The molecule has 1 saturated carbocycles. The summed E-state index contributed by atoms with van der Waals surface area (Å²) in [5.41, 5.74) is 2.65. The lowest BCUT2D eigenvalue weighted by Crippen LogP contribution is -2.44. The fourth-order valence-electron chi connectivity index (χ4n) is 4.78. The molecule has 2 aliphatic rings. The molecule has 1 N–H and O–H groups in total. The lowest BCUT2D eigenvalue weighted by atomic mass is 9.87. The van der Waals surface area contributed by atoms with Crippen molar-refractivity contribution in [3.8, 4) is 5.75 Å². The summed E-state index contributed by atoms with van der Waals surface area (Å²) >= 11 is 0.